The van der Waals surface area contributed by atoms with Crippen LogP contribution in [0.2, 0.25) is 0 Å². The fourth-order valence-electron chi connectivity index (χ4n) is 1.37. The highest BCUT2D eigenvalue weighted by atomic mass is 79.9. The van der Waals surface area contributed by atoms with E-state index in [9.17, 15) is 4.79 Å². The Morgan fingerprint density at radius 3 is 2.53 bits per heavy atom. The number of hydrogen-bond acceptors (Lipinski definition) is 2. The molecule has 1 aromatic heterocycles. The molecule has 88 valence electrons. The van der Waals surface area contributed by atoms with E-state index >= 15 is 0 Å². The van der Waals surface area contributed by atoms with Crippen molar-refractivity contribution in [3.63, 3.8) is 0 Å². The number of carbonyl (C=O) groups is 1. The van der Waals surface area contributed by atoms with Gasteiger partial charge in [-0.2, -0.15) is 0 Å². The Labute approximate surface area is 120 Å². The van der Waals surface area contributed by atoms with E-state index < -0.39 is 0 Å². The van der Waals surface area contributed by atoms with Crippen LogP contribution in [0.25, 0.3) is 0 Å². The first-order valence-electron chi connectivity index (χ1n) is 4.94. The molecule has 2 rings (SSSR count). The van der Waals surface area contributed by atoms with E-state index in [0.29, 0.717) is 12.1 Å². The molecule has 0 saturated carbocycles. The van der Waals surface area contributed by atoms with Crippen molar-refractivity contribution < 1.29 is 4.79 Å². The molecule has 0 bridgehead atoms. The average Bonchev–Trinajstić information content (AvgIpc) is 2.67. The van der Waals surface area contributed by atoms with Gasteiger partial charge in [0.25, 0.3) is 5.91 Å². The number of hydrogen-bond donors (Lipinski definition) is 1. The van der Waals surface area contributed by atoms with Crippen molar-refractivity contribution in [2.45, 2.75) is 6.54 Å². The molecule has 0 aliphatic heterocycles. The summed E-state index contributed by atoms with van der Waals surface area (Å²) in [4.78, 5) is 11.9. The third-order valence-electron chi connectivity index (χ3n) is 2.20. The monoisotopic (exact) mass is 373 g/mol. The number of amides is 1. The Kier molecular flexibility index (Phi) is 4.36. The molecule has 1 N–H and O–H groups in total. The van der Waals surface area contributed by atoms with Crippen molar-refractivity contribution in [2.75, 3.05) is 0 Å². The molecule has 0 unspecified atom stereocenters. The highest BCUT2D eigenvalue weighted by molar-refractivity contribution is 9.12. The molecule has 1 amide bonds. The summed E-state index contributed by atoms with van der Waals surface area (Å²) >= 11 is 8.22. The Morgan fingerprint density at radius 1 is 1.24 bits per heavy atom. The summed E-state index contributed by atoms with van der Waals surface area (Å²) in [6, 6.07) is 11.7. The van der Waals surface area contributed by atoms with Gasteiger partial charge in [0.05, 0.1) is 13.1 Å². The third kappa shape index (κ3) is 3.40. The summed E-state index contributed by atoms with van der Waals surface area (Å²) in [5, 5.41) is 2.89. The molecule has 1 aromatic carbocycles. The van der Waals surface area contributed by atoms with Gasteiger partial charge in [0.1, 0.15) is 0 Å². The van der Waals surface area contributed by atoms with Crippen molar-refractivity contribution >= 4 is 49.1 Å². The SMILES string of the molecule is O=C(NCc1ccccc1)c1cc(Br)sc1Br. The smallest absolute Gasteiger partial charge is 0.253 e. The lowest BCUT2D eigenvalue weighted by atomic mass is 10.2. The molecule has 1 heterocycles. The molecular formula is C12H9Br2NOS. The molecule has 17 heavy (non-hydrogen) atoms. The molecule has 5 heteroatoms. The average molecular weight is 375 g/mol. The van der Waals surface area contributed by atoms with Gasteiger partial charge in [-0.25, -0.2) is 0 Å². The van der Waals surface area contributed by atoms with E-state index in [2.05, 4.69) is 37.2 Å². The number of rotatable bonds is 3. The first-order chi connectivity index (χ1) is 8.16. The Morgan fingerprint density at radius 2 is 1.94 bits per heavy atom. The molecule has 0 fully saturated rings. The highest BCUT2D eigenvalue weighted by Gasteiger charge is 2.12. The Bertz CT molecular complexity index is 525. The van der Waals surface area contributed by atoms with Crippen LogP contribution in [0.15, 0.2) is 44.0 Å². The van der Waals surface area contributed by atoms with Gasteiger partial charge in [-0.05, 0) is 43.5 Å². The van der Waals surface area contributed by atoms with E-state index in [-0.39, 0.29) is 5.91 Å². The van der Waals surface area contributed by atoms with Crippen molar-refractivity contribution in [1.82, 2.24) is 5.32 Å². The van der Waals surface area contributed by atoms with Crippen molar-refractivity contribution in [2.24, 2.45) is 0 Å². The van der Waals surface area contributed by atoms with Crippen LogP contribution in [0.3, 0.4) is 0 Å². The maximum atomic E-state index is 11.9. The standard InChI is InChI=1S/C12H9Br2NOS/c13-10-6-9(11(14)17-10)12(16)15-7-8-4-2-1-3-5-8/h1-6H,7H2,(H,15,16). The van der Waals surface area contributed by atoms with E-state index in [1.165, 1.54) is 11.3 Å². The molecular weight excluding hydrogens is 366 g/mol. The molecule has 0 radical (unpaired) electrons. The first-order valence-corrected chi connectivity index (χ1v) is 7.34. The lowest BCUT2D eigenvalue weighted by molar-refractivity contribution is 0.0950. The second-order valence-corrected chi connectivity index (χ2v) is 7.16. The zero-order valence-corrected chi connectivity index (χ0v) is 12.7. The van der Waals surface area contributed by atoms with Crippen LogP contribution in [0.4, 0.5) is 0 Å². The summed E-state index contributed by atoms with van der Waals surface area (Å²) in [6.45, 7) is 0.541. The van der Waals surface area contributed by atoms with Crippen LogP contribution < -0.4 is 5.32 Å². The number of thiophene rings is 1. The topological polar surface area (TPSA) is 29.1 Å². The summed E-state index contributed by atoms with van der Waals surface area (Å²) in [5.74, 6) is -0.0670. The minimum Gasteiger partial charge on any atom is -0.348 e. The lowest BCUT2D eigenvalue weighted by Gasteiger charge is -2.04. The van der Waals surface area contributed by atoms with Gasteiger partial charge in [0, 0.05) is 6.54 Å². The number of halogens is 2. The Balaban J connectivity index is 2.01. The third-order valence-corrected chi connectivity index (χ3v) is 4.54. The van der Waals surface area contributed by atoms with Gasteiger partial charge >= 0.3 is 0 Å². The van der Waals surface area contributed by atoms with Gasteiger partial charge in [-0.3, -0.25) is 4.79 Å². The normalized spacial score (nSPS) is 10.2. The van der Waals surface area contributed by atoms with E-state index in [4.69, 9.17) is 0 Å². The van der Waals surface area contributed by atoms with Crippen molar-refractivity contribution in [3.05, 3.63) is 55.1 Å². The van der Waals surface area contributed by atoms with E-state index in [0.717, 1.165) is 13.1 Å². The first kappa shape index (κ1) is 12.8. The van der Waals surface area contributed by atoms with Crippen LogP contribution >= 0.6 is 43.2 Å². The molecule has 0 spiro atoms. The second kappa shape index (κ2) is 5.80. The molecule has 0 aliphatic carbocycles. The fourth-order valence-corrected chi connectivity index (χ4v) is 4.16. The van der Waals surface area contributed by atoms with Crippen LogP contribution in [-0.2, 0) is 6.54 Å². The summed E-state index contributed by atoms with van der Waals surface area (Å²) in [5.41, 5.74) is 1.75. The summed E-state index contributed by atoms with van der Waals surface area (Å²) in [7, 11) is 0. The van der Waals surface area contributed by atoms with Gasteiger partial charge < -0.3 is 5.32 Å². The van der Waals surface area contributed by atoms with Crippen molar-refractivity contribution in [1.29, 1.82) is 0 Å². The van der Waals surface area contributed by atoms with Crippen LogP contribution in [-0.4, -0.2) is 5.91 Å². The highest BCUT2D eigenvalue weighted by Crippen LogP contribution is 2.31. The van der Waals surface area contributed by atoms with Gasteiger partial charge in [-0.15, -0.1) is 11.3 Å². The van der Waals surface area contributed by atoms with Crippen LogP contribution in [0.5, 0.6) is 0 Å². The van der Waals surface area contributed by atoms with Crippen LogP contribution in [0.1, 0.15) is 15.9 Å². The number of benzene rings is 1. The molecule has 0 saturated heterocycles. The largest absolute Gasteiger partial charge is 0.348 e. The Hall–Kier alpha value is -0.650. The minimum absolute atomic E-state index is 0.0670. The van der Waals surface area contributed by atoms with E-state index in [1.54, 1.807) is 0 Å². The number of carbonyl (C=O) groups excluding carboxylic acids is 1. The van der Waals surface area contributed by atoms with Gasteiger partial charge in [0.15, 0.2) is 0 Å². The minimum atomic E-state index is -0.0670. The molecule has 2 nitrogen and oxygen atoms in total. The lowest BCUT2D eigenvalue weighted by Crippen LogP contribution is -2.22. The molecule has 0 aliphatic rings. The van der Waals surface area contributed by atoms with Gasteiger partial charge in [0.2, 0.25) is 0 Å². The van der Waals surface area contributed by atoms with Crippen molar-refractivity contribution in [3.8, 4) is 0 Å². The molecule has 0 atom stereocenters. The summed E-state index contributed by atoms with van der Waals surface area (Å²) in [6.07, 6.45) is 0. The van der Waals surface area contributed by atoms with Crippen LogP contribution in [0, 0.1) is 0 Å². The number of nitrogens with one attached hydrogen (secondary N) is 1. The molecule has 2 aromatic rings. The van der Waals surface area contributed by atoms with E-state index in [1.807, 2.05) is 36.4 Å². The predicted molar refractivity (Wildman–Crippen MR) is 77.3 cm³/mol. The maximum absolute atomic E-state index is 11.9. The maximum Gasteiger partial charge on any atom is 0.253 e. The zero-order chi connectivity index (χ0) is 12.3. The quantitative estimate of drug-likeness (QED) is 0.856. The fraction of sp³-hybridized carbons (Fsp3) is 0.0833. The van der Waals surface area contributed by atoms with Gasteiger partial charge in [-0.1, -0.05) is 30.3 Å². The predicted octanol–water partition coefficient (Wildman–Crippen LogP) is 4.20. The second-order valence-electron chi connectivity index (χ2n) is 3.41. The summed E-state index contributed by atoms with van der Waals surface area (Å²) < 4.78 is 1.78. The zero-order valence-electron chi connectivity index (χ0n) is 8.74.